The summed E-state index contributed by atoms with van der Waals surface area (Å²) in [7, 11) is -3.44. The van der Waals surface area contributed by atoms with Gasteiger partial charge in [-0.2, -0.15) is 0 Å². The van der Waals surface area contributed by atoms with Crippen molar-refractivity contribution >= 4 is 33.0 Å². The minimum atomic E-state index is -3.44. The molecule has 0 bridgehead atoms. The zero-order chi connectivity index (χ0) is 17.7. The lowest BCUT2D eigenvalue weighted by atomic mass is 10.2. The van der Waals surface area contributed by atoms with Crippen molar-refractivity contribution in [2.45, 2.75) is 12.2 Å². The molecule has 0 fully saturated rings. The van der Waals surface area contributed by atoms with Crippen LogP contribution in [0.4, 0.5) is 0 Å². The van der Waals surface area contributed by atoms with Crippen LogP contribution in [-0.4, -0.2) is 24.9 Å². The summed E-state index contributed by atoms with van der Waals surface area (Å²) >= 11 is 7.55. The first kappa shape index (κ1) is 18.0. The highest BCUT2D eigenvalue weighted by Crippen LogP contribution is 2.23. The fourth-order valence-electron chi connectivity index (χ4n) is 2.25. The Bertz CT molecular complexity index is 943. The van der Waals surface area contributed by atoms with Crippen molar-refractivity contribution < 1.29 is 8.42 Å². The molecule has 3 aromatic rings. The molecule has 0 aliphatic rings. The maximum Gasteiger partial charge on any atom is 0.215 e. The highest BCUT2D eigenvalue weighted by Gasteiger charge is 2.13. The third kappa shape index (κ3) is 5.09. The molecule has 2 aromatic heterocycles. The van der Waals surface area contributed by atoms with E-state index in [1.165, 1.54) is 11.3 Å². The number of hydrogen-bond acceptors (Lipinski definition) is 5. The number of aromatic nitrogens is 2. The van der Waals surface area contributed by atoms with Gasteiger partial charge in [0.1, 0.15) is 5.01 Å². The fourth-order valence-corrected chi connectivity index (χ4v) is 4.57. The first-order valence-electron chi connectivity index (χ1n) is 7.59. The van der Waals surface area contributed by atoms with Crippen LogP contribution in [0.1, 0.15) is 11.3 Å². The van der Waals surface area contributed by atoms with Gasteiger partial charge in [0.25, 0.3) is 0 Å². The number of hydrogen-bond donors (Lipinski definition) is 1. The largest absolute Gasteiger partial charge is 0.265 e. The third-order valence-corrected chi connectivity index (χ3v) is 6.13. The minimum absolute atomic E-state index is 0.133. The van der Waals surface area contributed by atoms with Crippen LogP contribution < -0.4 is 4.72 Å². The molecule has 2 heterocycles. The predicted octanol–water partition coefficient (Wildman–Crippen LogP) is 3.52. The molecule has 130 valence electrons. The Labute approximate surface area is 155 Å². The molecule has 0 spiro atoms. The summed E-state index contributed by atoms with van der Waals surface area (Å²) in [6, 6.07) is 10.7. The molecule has 0 saturated carbocycles. The first-order chi connectivity index (χ1) is 12.0. The smallest absolute Gasteiger partial charge is 0.215 e. The molecule has 0 aliphatic carbocycles. The van der Waals surface area contributed by atoms with Crippen molar-refractivity contribution in [3.63, 3.8) is 0 Å². The van der Waals surface area contributed by atoms with Crippen LogP contribution in [-0.2, 0) is 22.2 Å². The Morgan fingerprint density at radius 1 is 1.12 bits per heavy atom. The van der Waals surface area contributed by atoms with Crippen LogP contribution in [0.25, 0.3) is 10.6 Å². The van der Waals surface area contributed by atoms with E-state index in [4.69, 9.17) is 11.6 Å². The van der Waals surface area contributed by atoms with E-state index in [2.05, 4.69) is 14.7 Å². The minimum Gasteiger partial charge on any atom is -0.265 e. The summed E-state index contributed by atoms with van der Waals surface area (Å²) in [6.07, 6.45) is 3.97. The lowest BCUT2D eigenvalue weighted by Gasteiger charge is -2.07. The van der Waals surface area contributed by atoms with Crippen molar-refractivity contribution in [2.24, 2.45) is 0 Å². The standard InChI is InChI=1S/C17H16ClN3O2S2/c18-16-4-2-1-3-14(16)12-25(22,23)20-10-7-15-11-24-17(21-15)13-5-8-19-9-6-13/h1-6,8-9,11,20H,7,10,12H2. The first-order valence-corrected chi connectivity index (χ1v) is 10.5. The lowest BCUT2D eigenvalue weighted by Crippen LogP contribution is -2.27. The lowest BCUT2D eigenvalue weighted by molar-refractivity contribution is 0.580. The number of halogens is 1. The normalized spacial score (nSPS) is 11.6. The molecule has 0 unspecified atom stereocenters. The van der Waals surface area contributed by atoms with Crippen molar-refractivity contribution in [1.29, 1.82) is 0 Å². The molecular weight excluding hydrogens is 378 g/mol. The average Bonchev–Trinajstić information content (AvgIpc) is 3.06. The number of rotatable bonds is 7. The Hall–Kier alpha value is -1.80. The SMILES string of the molecule is O=S(=O)(Cc1ccccc1Cl)NCCc1csc(-c2ccncc2)n1. The summed E-state index contributed by atoms with van der Waals surface area (Å²) < 4.78 is 26.9. The van der Waals surface area contributed by atoms with E-state index in [0.717, 1.165) is 16.3 Å². The Morgan fingerprint density at radius 3 is 2.64 bits per heavy atom. The van der Waals surface area contributed by atoms with Crippen molar-refractivity contribution in [2.75, 3.05) is 6.54 Å². The molecule has 3 rings (SSSR count). The van der Waals surface area contributed by atoms with Gasteiger partial charge in [0.15, 0.2) is 0 Å². The molecule has 0 saturated heterocycles. The Balaban J connectivity index is 1.56. The third-order valence-electron chi connectivity index (χ3n) is 3.49. The van der Waals surface area contributed by atoms with Crippen molar-refractivity contribution in [3.8, 4) is 10.6 Å². The van der Waals surface area contributed by atoms with E-state index in [9.17, 15) is 8.42 Å². The summed E-state index contributed by atoms with van der Waals surface area (Å²) in [5.74, 6) is -0.133. The number of nitrogens with zero attached hydrogens (tertiary/aromatic N) is 2. The number of thiazole rings is 1. The monoisotopic (exact) mass is 393 g/mol. The maximum atomic E-state index is 12.2. The van der Waals surface area contributed by atoms with E-state index in [0.29, 0.717) is 23.6 Å². The summed E-state index contributed by atoms with van der Waals surface area (Å²) in [5, 5.41) is 3.30. The van der Waals surface area contributed by atoms with Crippen LogP contribution >= 0.6 is 22.9 Å². The zero-order valence-electron chi connectivity index (χ0n) is 13.2. The van der Waals surface area contributed by atoms with Crippen LogP contribution in [0.3, 0.4) is 0 Å². The van der Waals surface area contributed by atoms with Gasteiger partial charge in [-0.25, -0.2) is 18.1 Å². The maximum absolute atomic E-state index is 12.2. The molecule has 1 aromatic carbocycles. The molecule has 0 amide bonds. The van der Waals surface area contributed by atoms with Gasteiger partial charge in [-0.3, -0.25) is 4.98 Å². The molecule has 0 aliphatic heterocycles. The van der Waals surface area contributed by atoms with E-state index in [1.54, 1.807) is 36.7 Å². The van der Waals surface area contributed by atoms with Crippen molar-refractivity contribution in [3.05, 3.63) is 70.5 Å². The molecule has 25 heavy (non-hydrogen) atoms. The molecule has 0 radical (unpaired) electrons. The van der Waals surface area contributed by atoms with Crippen LogP contribution in [0.15, 0.2) is 54.2 Å². The van der Waals surface area contributed by atoms with Gasteiger partial charge in [-0.15, -0.1) is 11.3 Å². The zero-order valence-corrected chi connectivity index (χ0v) is 15.6. The molecule has 1 N–H and O–H groups in total. The van der Waals surface area contributed by atoms with Crippen LogP contribution in [0.5, 0.6) is 0 Å². The predicted molar refractivity (Wildman–Crippen MR) is 101 cm³/mol. The van der Waals surface area contributed by atoms with Gasteiger partial charge >= 0.3 is 0 Å². The van der Waals surface area contributed by atoms with E-state index in [-0.39, 0.29) is 5.75 Å². The fraction of sp³-hybridized carbons (Fsp3) is 0.176. The number of nitrogens with one attached hydrogen (secondary N) is 1. The van der Waals surface area contributed by atoms with Crippen LogP contribution in [0, 0.1) is 0 Å². The molecule has 5 nitrogen and oxygen atoms in total. The second-order valence-corrected chi connectivity index (χ2v) is 8.45. The highest BCUT2D eigenvalue weighted by molar-refractivity contribution is 7.88. The topological polar surface area (TPSA) is 72.0 Å². The summed E-state index contributed by atoms with van der Waals surface area (Å²) in [4.78, 5) is 8.52. The Morgan fingerprint density at radius 2 is 1.88 bits per heavy atom. The van der Waals surface area contributed by atoms with Crippen LogP contribution in [0.2, 0.25) is 5.02 Å². The summed E-state index contributed by atoms with van der Waals surface area (Å²) in [5.41, 5.74) is 2.45. The van der Waals surface area contributed by atoms with E-state index >= 15 is 0 Å². The second-order valence-electron chi connectivity index (χ2n) is 5.37. The molecular formula is C17H16ClN3O2S2. The van der Waals surface area contributed by atoms with Gasteiger partial charge in [0, 0.05) is 41.3 Å². The van der Waals surface area contributed by atoms with E-state index in [1.807, 2.05) is 17.5 Å². The highest BCUT2D eigenvalue weighted by atomic mass is 35.5. The van der Waals surface area contributed by atoms with Gasteiger partial charge in [-0.1, -0.05) is 29.8 Å². The average molecular weight is 394 g/mol. The summed E-state index contributed by atoms with van der Waals surface area (Å²) in [6.45, 7) is 0.298. The van der Waals surface area contributed by atoms with Gasteiger partial charge < -0.3 is 0 Å². The number of pyridine rings is 1. The van der Waals surface area contributed by atoms with E-state index < -0.39 is 10.0 Å². The second kappa shape index (κ2) is 8.05. The van der Waals surface area contributed by atoms with Gasteiger partial charge in [0.05, 0.1) is 11.4 Å². The van der Waals surface area contributed by atoms with Gasteiger partial charge in [0.2, 0.25) is 10.0 Å². The molecule has 0 atom stereocenters. The number of sulfonamides is 1. The Kier molecular flexibility index (Phi) is 5.80. The number of benzene rings is 1. The molecule has 8 heteroatoms. The quantitative estimate of drug-likeness (QED) is 0.666. The van der Waals surface area contributed by atoms with Gasteiger partial charge in [-0.05, 0) is 23.8 Å². The van der Waals surface area contributed by atoms with Crippen molar-refractivity contribution in [1.82, 2.24) is 14.7 Å².